The van der Waals surface area contributed by atoms with Crippen LogP contribution < -0.4 is 5.73 Å². The first-order chi connectivity index (χ1) is 5.47. The molecule has 1 fully saturated rings. The third-order valence-corrected chi connectivity index (χ3v) is 1.94. The highest BCUT2D eigenvalue weighted by Crippen LogP contribution is 2.18. The zero-order chi connectivity index (χ0) is 9.19. The standard InChI is InChI=1S/C7H13F3N2.ClH/c8-7(9,10)5-12-3-1-2-6(11)4-12;/h6H,1-5,11H2;1H. The van der Waals surface area contributed by atoms with Crippen molar-refractivity contribution in [3.8, 4) is 0 Å². The van der Waals surface area contributed by atoms with Crippen LogP contribution in [0.4, 0.5) is 13.2 Å². The van der Waals surface area contributed by atoms with Crippen molar-refractivity contribution in [1.82, 2.24) is 4.90 Å². The third kappa shape index (κ3) is 5.33. The van der Waals surface area contributed by atoms with E-state index in [0.717, 1.165) is 12.8 Å². The highest BCUT2D eigenvalue weighted by atomic mass is 35.5. The molecule has 0 aromatic heterocycles. The van der Waals surface area contributed by atoms with Crippen molar-refractivity contribution >= 4 is 12.4 Å². The third-order valence-electron chi connectivity index (χ3n) is 1.94. The van der Waals surface area contributed by atoms with Gasteiger partial charge in [-0.1, -0.05) is 0 Å². The molecular formula is C7H14ClF3N2. The van der Waals surface area contributed by atoms with Crippen LogP contribution in [0.3, 0.4) is 0 Å². The lowest BCUT2D eigenvalue weighted by Crippen LogP contribution is -2.46. The van der Waals surface area contributed by atoms with E-state index in [1.807, 2.05) is 0 Å². The Morgan fingerprint density at radius 2 is 2.00 bits per heavy atom. The largest absolute Gasteiger partial charge is 0.401 e. The molecule has 2 nitrogen and oxygen atoms in total. The average molecular weight is 219 g/mol. The molecule has 6 heteroatoms. The van der Waals surface area contributed by atoms with Crippen LogP contribution in [-0.4, -0.2) is 36.8 Å². The smallest absolute Gasteiger partial charge is 0.327 e. The van der Waals surface area contributed by atoms with E-state index in [4.69, 9.17) is 5.73 Å². The summed E-state index contributed by atoms with van der Waals surface area (Å²) in [6.45, 7) is 0.0768. The minimum atomic E-state index is -4.09. The van der Waals surface area contributed by atoms with Crippen molar-refractivity contribution in [2.75, 3.05) is 19.6 Å². The Bertz CT molecular complexity index is 151. The number of rotatable bonds is 1. The Morgan fingerprint density at radius 1 is 1.38 bits per heavy atom. The predicted octanol–water partition coefficient (Wildman–Crippen LogP) is 1.39. The highest BCUT2D eigenvalue weighted by Gasteiger charge is 2.32. The van der Waals surface area contributed by atoms with Gasteiger partial charge < -0.3 is 5.73 Å². The van der Waals surface area contributed by atoms with Crippen molar-refractivity contribution in [2.24, 2.45) is 5.73 Å². The molecule has 1 rings (SSSR count). The van der Waals surface area contributed by atoms with Gasteiger partial charge >= 0.3 is 6.18 Å². The Kier molecular flexibility index (Phi) is 5.02. The van der Waals surface area contributed by atoms with E-state index < -0.39 is 12.7 Å². The van der Waals surface area contributed by atoms with E-state index in [0.29, 0.717) is 13.1 Å². The molecule has 0 radical (unpaired) electrons. The van der Waals surface area contributed by atoms with Gasteiger partial charge in [0.25, 0.3) is 0 Å². The Morgan fingerprint density at radius 3 is 2.46 bits per heavy atom. The first-order valence-corrected chi connectivity index (χ1v) is 4.02. The maximum atomic E-state index is 11.9. The molecule has 0 saturated carbocycles. The summed E-state index contributed by atoms with van der Waals surface area (Å²) in [5.41, 5.74) is 5.53. The monoisotopic (exact) mass is 218 g/mol. The van der Waals surface area contributed by atoms with Gasteiger partial charge in [0.1, 0.15) is 0 Å². The lowest BCUT2D eigenvalue weighted by Gasteiger charge is -2.30. The molecule has 13 heavy (non-hydrogen) atoms. The topological polar surface area (TPSA) is 29.3 Å². The van der Waals surface area contributed by atoms with Crippen LogP contribution in [0.15, 0.2) is 0 Å². The summed E-state index contributed by atoms with van der Waals surface area (Å²) in [4.78, 5) is 1.37. The second-order valence-electron chi connectivity index (χ2n) is 3.25. The lowest BCUT2D eigenvalue weighted by atomic mass is 10.1. The minimum absolute atomic E-state index is 0. The Hall–Kier alpha value is -0.0000000000000000555. The summed E-state index contributed by atoms with van der Waals surface area (Å²) in [7, 11) is 0. The van der Waals surface area contributed by atoms with Gasteiger partial charge in [0.15, 0.2) is 0 Å². The van der Waals surface area contributed by atoms with E-state index in [1.165, 1.54) is 4.90 Å². The SMILES string of the molecule is Cl.NC1CCCN(CC(F)(F)F)C1. The first kappa shape index (κ1) is 13.0. The fraction of sp³-hybridized carbons (Fsp3) is 1.00. The summed E-state index contributed by atoms with van der Waals surface area (Å²) in [6.07, 6.45) is -2.47. The second-order valence-corrected chi connectivity index (χ2v) is 3.25. The number of halogens is 4. The van der Waals surface area contributed by atoms with Crippen molar-refractivity contribution in [2.45, 2.75) is 25.1 Å². The minimum Gasteiger partial charge on any atom is -0.327 e. The van der Waals surface area contributed by atoms with Crippen molar-refractivity contribution < 1.29 is 13.2 Å². The molecule has 1 heterocycles. The van der Waals surface area contributed by atoms with Crippen LogP contribution in [0.25, 0.3) is 0 Å². The molecule has 1 atom stereocenters. The molecule has 0 aromatic carbocycles. The van der Waals surface area contributed by atoms with Crippen LogP contribution in [-0.2, 0) is 0 Å². The maximum Gasteiger partial charge on any atom is 0.401 e. The van der Waals surface area contributed by atoms with E-state index >= 15 is 0 Å². The Balaban J connectivity index is 0.00000144. The molecule has 0 bridgehead atoms. The van der Waals surface area contributed by atoms with Gasteiger partial charge in [0.05, 0.1) is 6.54 Å². The first-order valence-electron chi connectivity index (χ1n) is 4.02. The van der Waals surface area contributed by atoms with E-state index in [2.05, 4.69) is 0 Å². The van der Waals surface area contributed by atoms with Crippen LogP contribution in [0.2, 0.25) is 0 Å². The quantitative estimate of drug-likeness (QED) is 0.721. The molecule has 80 valence electrons. The molecule has 0 aromatic rings. The number of likely N-dealkylation sites (tertiary alicyclic amines) is 1. The van der Waals surface area contributed by atoms with Crippen LogP contribution in [0.5, 0.6) is 0 Å². The fourth-order valence-electron chi connectivity index (χ4n) is 1.49. The van der Waals surface area contributed by atoms with Gasteiger partial charge in [-0.05, 0) is 19.4 Å². The van der Waals surface area contributed by atoms with Gasteiger partial charge in [-0.2, -0.15) is 13.2 Å². The van der Waals surface area contributed by atoms with Gasteiger partial charge in [-0.25, -0.2) is 0 Å². The summed E-state index contributed by atoms with van der Waals surface area (Å²) in [5, 5.41) is 0. The zero-order valence-electron chi connectivity index (χ0n) is 7.18. The van der Waals surface area contributed by atoms with Crippen LogP contribution >= 0.6 is 12.4 Å². The van der Waals surface area contributed by atoms with E-state index in [9.17, 15) is 13.2 Å². The number of nitrogens with zero attached hydrogens (tertiary/aromatic N) is 1. The molecule has 0 amide bonds. The van der Waals surface area contributed by atoms with Crippen molar-refractivity contribution in [1.29, 1.82) is 0 Å². The second kappa shape index (κ2) is 5.02. The van der Waals surface area contributed by atoms with Crippen LogP contribution in [0, 0.1) is 0 Å². The van der Waals surface area contributed by atoms with Gasteiger partial charge in [-0.15, -0.1) is 12.4 Å². The number of piperidine rings is 1. The van der Waals surface area contributed by atoms with E-state index in [1.54, 1.807) is 0 Å². The average Bonchev–Trinajstić information content (AvgIpc) is 1.82. The van der Waals surface area contributed by atoms with Crippen molar-refractivity contribution in [3.05, 3.63) is 0 Å². The van der Waals surface area contributed by atoms with E-state index in [-0.39, 0.29) is 18.4 Å². The zero-order valence-corrected chi connectivity index (χ0v) is 8.00. The molecule has 1 aliphatic rings. The number of nitrogens with two attached hydrogens (primary N) is 1. The molecule has 1 aliphatic heterocycles. The molecule has 0 aliphatic carbocycles. The highest BCUT2D eigenvalue weighted by molar-refractivity contribution is 5.85. The van der Waals surface area contributed by atoms with Crippen LogP contribution in [0.1, 0.15) is 12.8 Å². The molecular weight excluding hydrogens is 205 g/mol. The summed E-state index contributed by atoms with van der Waals surface area (Å²) in [5.74, 6) is 0. The number of alkyl halides is 3. The lowest BCUT2D eigenvalue weighted by molar-refractivity contribution is -0.148. The predicted molar refractivity (Wildman–Crippen MR) is 47.0 cm³/mol. The summed E-state index contributed by atoms with van der Waals surface area (Å²) >= 11 is 0. The number of hydrogen-bond donors (Lipinski definition) is 1. The normalized spacial score (nSPS) is 25.4. The maximum absolute atomic E-state index is 11.9. The fourth-order valence-corrected chi connectivity index (χ4v) is 1.49. The summed E-state index contributed by atoms with van der Waals surface area (Å²) < 4.78 is 35.7. The van der Waals surface area contributed by atoms with Gasteiger partial charge in [-0.3, -0.25) is 4.90 Å². The molecule has 2 N–H and O–H groups in total. The number of hydrogen-bond acceptors (Lipinski definition) is 2. The summed E-state index contributed by atoms with van der Waals surface area (Å²) in [6, 6.07) is -0.0823. The Labute approximate surface area is 81.7 Å². The van der Waals surface area contributed by atoms with Gasteiger partial charge in [0.2, 0.25) is 0 Å². The molecule has 0 spiro atoms. The molecule has 1 saturated heterocycles. The van der Waals surface area contributed by atoms with Gasteiger partial charge in [0, 0.05) is 12.6 Å². The van der Waals surface area contributed by atoms with Crippen molar-refractivity contribution in [3.63, 3.8) is 0 Å². The molecule has 1 unspecified atom stereocenters.